The zero-order chi connectivity index (χ0) is 26.3. The summed E-state index contributed by atoms with van der Waals surface area (Å²) in [6.45, 7) is 3.83. The van der Waals surface area contributed by atoms with Gasteiger partial charge >= 0.3 is 5.97 Å². The van der Waals surface area contributed by atoms with Crippen molar-refractivity contribution in [2.75, 3.05) is 5.32 Å². The van der Waals surface area contributed by atoms with Gasteiger partial charge in [-0.3, -0.25) is 9.36 Å². The van der Waals surface area contributed by atoms with Crippen LogP contribution < -0.4 is 10.9 Å². The number of carboxylic acid groups (broad SMARTS) is 1. The van der Waals surface area contributed by atoms with Crippen LogP contribution in [0.4, 0.5) is 5.69 Å². The van der Waals surface area contributed by atoms with Crippen molar-refractivity contribution >= 4 is 34.2 Å². The second-order valence-corrected chi connectivity index (χ2v) is 10.9. The van der Waals surface area contributed by atoms with Crippen LogP contribution in [0.1, 0.15) is 65.5 Å². The fraction of sp³-hybridized carbons (Fsp3) is 0.400. The molecule has 7 rings (SSSR count). The van der Waals surface area contributed by atoms with E-state index in [2.05, 4.69) is 25.8 Å². The molecule has 37 heavy (non-hydrogen) atoms. The van der Waals surface area contributed by atoms with Gasteiger partial charge in [-0.2, -0.15) is 0 Å². The number of tetrazole rings is 1. The van der Waals surface area contributed by atoms with Crippen LogP contribution in [0.15, 0.2) is 29.1 Å². The molecule has 0 spiro atoms. The zero-order valence-electron chi connectivity index (χ0n) is 20.8. The standard InChI is InChI=1S/C25H25ClN8O3/c1-12-7-14(13(2)27-16-5-6-17(26)28-19(16)21(36)37)18-15(8-12)20(35)33(3)22(29-18)24-9-25(10-24,11-24)23-30-31-32-34(23)4/h5-8,13,27H,9-11H2,1-4H3,(H,36,37)/t13-,24?,25?/m1/s1. The minimum absolute atomic E-state index is 0.0648. The van der Waals surface area contributed by atoms with Gasteiger partial charge < -0.3 is 10.4 Å². The Morgan fingerprint density at radius 2 is 1.84 bits per heavy atom. The Hall–Kier alpha value is -3.86. The van der Waals surface area contributed by atoms with E-state index in [9.17, 15) is 14.7 Å². The molecule has 0 saturated heterocycles. The van der Waals surface area contributed by atoms with Gasteiger partial charge in [0.15, 0.2) is 11.5 Å². The number of fused-ring (bicyclic) bond motifs is 1. The number of hydrogen-bond acceptors (Lipinski definition) is 8. The first kappa shape index (κ1) is 23.5. The van der Waals surface area contributed by atoms with E-state index in [1.807, 2.05) is 33.0 Å². The van der Waals surface area contributed by atoms with Crippen LogP contribution in [0.5, 0.6) is 0 Å². The lowest BCUT2D eigenvalue weighted by Gasteiger charge is -2.69. The normalized spacial score (nSPS) is 22.8. The molecule has 2 N–H and O–H groups in total. The molecule has 0 unspecified atom stereocenters. The van der Waals surface area contributed by atoms with Gasteiger partial charge in [0, 0.05) is 30.5 Å². The average Bonchev–Trinajstić information content (AvgIpc) is 3.22. The van der Waals surface area contributed by atoms with Crippen molar-refractivity contribution in [2.45, 2.75) is 50.0 Å². The van der Waals surface area contributed by atoms with E-state index in [1.54, 1.807) is 22.4 Å². The first-order valence-corrected chi connectivity index (χ1v) is 12.3. The zero-order valence-corrected chi connectivity index (χ0v) is 21.5. The molecule has 3 saturated carbocycles. The summed E-state index contributed by atoms with van der Waals surface area (Å²) in [5, 5.41) is 25.5. The Balaban J connectivity index is 1.41. The van der Waals surface area contributed by atoms with Gasteiger partial charge in [-0.1, -0.05) is 17.7 Å². The van der Waals surface area contributed by atoms with Gasteiger partial charge in [0.2, 0.25) is 0 Å². The van der Waals surface area contributed by atoms with Gasteiger partial charge in [-0.15, -0.1) is 5.10 Å². The second kappa shape index (κ2) is 7.82. The third kappa shape index (κ3) is 3.37. The molecular weight excluding hydrogens is 496 g/mol. The lowest BCUT2D eigenvalue weighted by atomic mass is 9.34. The molecule has 0 radical (unpaired) electrons. The van der Waals surface area contributed by atoms with Crippen LogP contribution in [0.2, 0.25) is 5.15 Å². The summed E-state index contributed by atoms with van der Waals surface area (Å²) in [6, 6.07) is 6.60. The van der Waals surface area contributed by atoms with Crippen molar-refractivity contribution in [1.82, 2.24) is 34.7 Å². The van der Waals surface area contributed by atoms with Crippen molar-refractivity contribution in [2.24, 2.45) is 14.1 Å². The molecule has 3 aliphatic carbocycles. The second-order valence-electron chi connectivity index (χ2n) is 10.5. The number of carboxylic acids is 1. The van der Waals surface area contributed by atoms with Crippen molar-refractivity contribution in [3.63, 3.8) is 0 Å². The number of pyridine rings is 1. The molecule has 12 heteroatoms. The molecule has 4 aromatic rings. The Labute approximate surface area is 216 Å². The van der Waals surface area contributed by atoms with E-state index in [4.69, 9.17) is 16.6 Å². The summed E-state index contributed by atoms with van der Waals surface area (Å²) in [5.41, 5.74) is 2.14. The van der Waals surface area contributed by atoms with E-state index in [1.165, 1.54) is 6.07 Å². The highest BCUT2D eigenvalue weighted by atomic mass is 35.5. The van der Waals surface area contributed by atoms with Crippen LogP contribution in [-0.2, 0) is 24.9 Å². The molecule has 0 amide bonds. The van der Waals surface area contributed by atoms with E-state index in [0.717, 1.165) is 42.0 Å². The molecule has 0 aliphatic heterocycles. The van der Waals surface area contributed by atoms with Crippen LogP contribution >= 0.6 is 11.6 Å². The first-order valence-electron chi connectivity index (χ1n) is 11.9. The molecule has 2 bridgehead atoms. The van der Waals surface area contributed by atoms with Gasteiger partial charge in [0.25, 0.3) is 5.56 Å². The lowest BCUT2D eigenvalue weighted by molar-refractivity contribution is -0.0858. The maximum atomic E-state index is 13.5. The fourth-order valence-electron chi connectivity index (χ4n) is 6.32. The molecule has 1 atom stereocenters. The molecule has 3 fully saturated rings. The highest BCUT2D eigenvalue weighted by Gasteiger charge is 2.72. The van der Waals surface area contributed by atoms with E-state index < -0.39 is 5.97 Å². The third-order valence-electron chi connectivity index (χ3n) is 7.86. The summed E-state index contributed by atoms with van der Waals surface area (Å²) in [7, 11) is 3.63. The Bertz CT molecular complexity index is 1660. The van der Waals surface area contributed by atoms with Crippen LogP contribution in [0, 0.1) is 6.92 Å². The SMILES string of the molecule is Cc1cc([C@@H](C)Nc2ccc(Cl)nc2C(=O)O)c2nc(C34CC(c5nnnn5C)(C3)C4)n(C)c(=O)c2c1. The number of nitrogens with one attached hydrogen (secondary N) is 1. The lowest BCUT2D eigenvalue weighted by Crippen LogP contribution is -2.69. The fourth-order valence-corrected chi connectivity index (χ4v) is 6.47. The van der Waals surface area contributed by atoms with Crippen molar-refractivity contribution in [3.05, 3.63) is 68.2 Å². The highest BCUT2D eigenvalue weighted by molar-refractivity contribution is 6.29. The summed E-state index contributed by atoms with van der Waals surface area (Å²) in [4.78, 5) is 34.3. The number of aryl methyl sites for hydroxylation is 2. The number of aromatic nitrogens is 7. The first-order chi connectivity index (χ1) is 17.5. The smallest absolute Gasteiger partial charge is 0.356 e. The highest BCUT2D eigenvalue weighted by Crippen LogP contribution is 2.73. The number of aromatic carboxylic acids is 1. The van der Waals surface area contributed by atoms with Crippen molar-refractivity contribution in [1.29, 1.82) is 0 Å². The predicted octanol–water partition coefficient (Wildman–Crippen LogP) is 3.06. The molecule has 1 aromatic carbocycles. The minimum Gasteiger partial charge on any atom is -0.476 e. The Morgan fingerprint density at radius 1 is 1.14 bits per heavy atom. The number of hydrogen-bond donors (Lipinski definition) is 2. The van der Waals surface area contributed by atoms with E-state index in [-0.39, 0.29) is 33.3 Å². The molecule has 11 nitrogen and oxygen atoms in total. The minimum atomic E-state index is -1.18. The quantitative estimate of drug-likeness (QED) is 0.367. The van der Waals surface area contributed by atoms with Crippen LogP contribution in [-0.4, -0.2) is 45.8 Å². The molecule has 3 aromatic heterocycles. The topological polar surface area (TPSA) is 141 Å². The van der Waals surface area contributed by atoms with Crippen molar-refractivity contribution < 1.29 is 9.90 Å². The largest absolute Gasteiger partial charge is 0.476 e. The number of rotatable bonds is 6. The average molecular weight is 521 g/mol. The third-order valence-corrected chi connectivity index (χ3v) is 8.07. The van der Waals surface area contributed by atoms with E-state index in [0.29, 0.717) is 16.6 Å². The van der Waals surface area contributed by atoms with Gasteiger partial charge in [-0.05, 0) is 67.3 Å². The number of halogens is 1. The van der Waals surface area contributed by atoms with Crippen LogP contribution in [0.3, 0.4) is 0 Å². The number of carbonyl (C=O) groups is 1. The summed E-state index contributed by atoms with van der Waals surface area (Å²) >= 11 is 5.92. The molecule has 190 valence electrons. The van der Waals surface area contributed by atoms with E-state index >= 15 is 0 Å². The van der Waals surface area contributed by atoms with Crippen LogP contribution in [0.25, 0.3) is 10.9 Å². The summed E-state index contributed by atoms with van der Waals surface area (Å²) in [5.74, 6) is 0.454. The summed E-state index contributed by atoms with van der Waals surface area (Å²) < 4.78 is 3.40. The number of nitrogens with zero attached hydrogens (tertiary/aromatic N) is 7. The Kier molecular flexibility index (Phi) is 4.97. The molecular formula is C25H25ClN8O3. The van der Waals surface area contributed by atoms with Crippen molar-refractivity contribution in [3.8, 4) is 0 Å². The van der Waals surface area contributed by atoms with Gasteiger partial charge in [-0.25, -0.2) is 19.4 Å². The maximum absolute atomic E-state index is 13.5. The van der Waals surface area contributed by atoms with Gasteiger partial charge in [0.1, 0.15) is 11.0 Å². The predicted molar refractivity (Wildman–Crippen MR) is 136 cm³/mol. The Morgan fingerprint density at radius 3 is 2.49 bits per heavy atom. The monoisotopic (exact) mass is 520 g/mol. The number of benzene rings is 1. The molecule has 3 aliphatic rings. The maximum Gasteiger partial charge on any atom is 0.356 e. The van der Waals surface area contributed by atoms with Gasteiger partial charge in [0.05, 0.1) is 22.6 Å². The summed E-state index contributed by atoms with van der Waals surface area (Å²) in [6.07, 6.45) is 2.52. The molecule has 3 heterocycles. The number of anilines is 1.